The van der Waals surface area contributed by atoms with Gasteiger partial charge in [0.2, 0.25) is 0 Å². The maximum atomic E-state index is 5.56. The van der Waals surface area contributed by atoms with Gasteiger partial charge in [-0.25, -0.2) is 0 Å². The minimum Gasteiger partial charge on any atom is -0.462 e. The number of furan rings is 1. The lowest BCUT2D eigenvalue weighted by atomic mass is 10.1. The largest absolute Gasteiger partial charge is 0.462 e. The van der Waals surface area contributed by atoms with Gasteiger partial charge < -0.3 is 9.15 Å². The molecule has 1 fully saturated rings. The molecule has 1 saturated heterocycles. The molecule has 0 saturated carbocycles. The molecule has 1 aliphatic rings. The van der Waals surface area contributed by atoms with Crippen molar-refractivity contribution in [1.82, 2.24) is 5.32 Å². The molecule has 1 aromatic rings. The maximum absolute atomic E-state index is 5.56. The fourth-order valence-electron chi connectivity index (χ4n) is 1.48. The Labute approximate surface area is 90.2 Å². The summed E-state index contributed by atoms with van der Waals surface area (Å²) in [5.74, 6) is 1.79. The molecule has 1 aliphatic heterocycles. The molecule has 2 rings (SSSR count). The molecule has 1 unspecified atom stereocenters. The van der Waals surface area contributed by atoms with Crippen molar-refractivity contribution in [3.05, 3.63) is 23.7 Å². The average molecular weight is 218 g/mol. The normalized spacial score (nSPS) is 24.6. The number of aryl methyl sites for hydroxylation is 1. The summed E-state index contributed by atoms with van der Waals surface area (Å²) in [6.45, 7) is 6.88. The quantitative estimate of drug-likeness (QED) is 0.785. The van der Waals surface area contributed by atoms with Crippen LogP contribution in [0.4, 0.5) is 0 Å². The summed E-state index contributed by atoms with van der Waals surface area (Å²) < 4.78 is 11.0. The topological polar surface area (TPSA) is 34.4 Å². The molecule has 3 nitrogen and oxygen atoms in total. The van der Waals surface area contributed by atoms with Gasteiger partial charge in [-0.3, -0.25) is 5.32 Å². The maximum Gasteiger partial charge on any atom is 0.167 e. The first-order valence-corrected chi connectivity index (χ1v) is 4.52. The van der Waals surface area contributed by atoms with Crippen molar-refractivity contribution in [3.63, 3.8) is 0 Å². The molecular formula is C10H16ClNO2. The highest BCUT2D eigenvalue weighted by atomic mass is 35.5. The van der Waals surface area contributed by atoms with Gasteiger partial charge in [-0.15, -0.1) is 12.4 Å². The number of nitrogens with one attached hydrogen (secondary N) is 1. The molecule has 1 N–H and O–H groups in total. The first-order chi connectivity index (χ1) is 6.07. The predicted octanol–water partition coefficient (Wildman–Crippen LogP) is 2.41. The van der Waals surface area contributed by atoms with Crippen LogP contribution in [-0.4, -0.2) is 12.1 Å². The Morgan fingerprint density at radius 2 is 2.14 bits per heavy atom. The molecular weight excluding hydrogens is 202 g/mol. The van der Waals surface area contributed by atoms with Crippen LogP contribution in [0.3, 0.4) is 0 Å². The Morgan fingerprint density at radius 3 is 2.57 bits per heavy atom. The summed E-state index contributed by atoms with van der Waals surface area (Å²) in [5, 5.41) is 3.34. The Balaban J connectivity index is 0.000000980. The van der Waals surface area contributed by atoms with Crippen LogP contribution < -0.4 is 5.32 Å². The molecule has 1 aromatic heterocycles. The Bertz CT molecular complexity index is 309. The van der Waals surface area contributed by atoms with E-state index in [0.717, 1.165) is 18.1 Å². The zero-order chi connectivity index (χ0) is 9.47. The zero-order valence-electron chi connectivity index (χ0n) is 8.66. The number of hydrogen-bond acceptors (Lipinski definition) is 3. The molecule has 0 aromatic carbocycles. The number of rotatable bonds is 1. The summed E-state index contributed by atoms with van der Waals surface area (Å²) in [7, 11) is 0. The highest BCUT2D eigenvalue weighted by molar-refractivity contribution is 5.85. The molecule has 0 aliphatic carbocycles. The highest BCUT2D eigenvalue weighted by Crippen LogP contribution is 2.26. The van der Waals surface area contributed by atoms with Gasteiger partial charge in [-0.2, -0.15) is 0 Å². The third-order valence-corrected chi connectivity index (χ3v) is 2.15. The summed E-state index contributed by atoms with van der Waals surface area (Å²) in [6.07, 6.45) is -0.0799. The Morgan fingerprint density at radius 1 is 1.43 bits per heavy atom. The fourth-order valence-corrected chi connectivity index (χ4v) is 1.48. The lowest BCUT2D eigenvalue weighted by Crippen LogP contribution is -2.35. The van der Waals surface area contributed by atoms with E-state index in [1.165, 1.54) is 0 Å². The van der Waals surface area contributed by atoms with Gasteiger partial charge in [0.15, 0.2) is 6.23 Å². The molecule has 0 bridgehead atoms. The first-order valence-electron chi connectivity index (χ1n) is 4.52. The summed E-state index contributed by atoms with van der Waals surface area (Å²) >= 11 is 0. The van der Waals surface area contributed by atoms with Crippen LogP contribution in [0.5, 0.6) is 0 Å². The second kappa shape index (κ2) is 3.93. The van der Waals surface area contributed by atoms with Crippen LogP contribution in [0.25, 0.3) is 0 Å². The average Bonchev–Trinajstić information content (AvgIpc) is 2.56. The molecule has 0 radical (unpaired) electrons. The lowest BCUT2D eigenvalue weighted by Gasteiger charge is -2.15. The summed E-state index contributed by atoms with van der Waals surface area (Å²) in [4.78, 5) is 0. The SMILES string of the molecule is Cc1ccc(C2NC(C)(C)CO2)o1.Cl. The Hall–Kier alpha value is -0.510. The van der Waals surface area contributed by atoms with Gasteiger partial charge in [0.1, 0.15) is 11.5 Å². The van der Waals surface area contributed by atoms with Crippen molar-refractivity contribution in [3.8, 4) is 0 Å². The molecule has 4 heteroatoms. The van der Waals surface area contributed by atoms with Gasteiger partial charge >= 0.3 is 0 Å². The van der Waals surface area contributed by atoms with Crippen LogP contribution in [0.2, 0.25) is 0 Å². The third-order valence-electron chi connectivity index (χ3n) is 2.15. The van der Waals surface area contributed by atoms with Crippen molar-refractivity contribution >= 4 is 12.4 Å². The van der Waals surface area contributed by atoms with E-state index in [1.54, 1.807) is 0 Å². The van der Waals surface area contributed by atoms with E-state index < -0.39 is 0 Å². The molecule has 0 amide bonds. The van der Waals surface area contributed by atoms with E-state index in [1.807, 2.05) is 19.1 Å². The van der Waals surface area contributed by atoms with Crippen molar-refractivity contribution in [2.75, 3.05) is 6.61 Å². The number of ether oxygens (including phenoxy) is 1. The second-order valence-corrected chi connectivity index (χ2v) is 4.17. The van der Waals surface area contributed by atoms with Gasteiger partial charge in [0.25, 0.3) is 0 Å². The zero-order valence-corrected chi connectivity index (χ0v) is 9.48. The van der Waals surface area contributed by atoms with E-state index in [9.17, 15) is 0 Å². The molecule has 2 heterocycles. The first kappa shape index (κ1) is 11.6. The van der Waals surface area contributed by atoms with Crippen molar-refractivity contribution < 1.29 is 9.15 Å². The van der Waals surface area contributed by atoms with E-state index in [0.29, 0.717) is 0 Å². The van der Waals surface area contributed by atoms with Gasteiger partial charge in [-0.1, -0.05) is 0 Å². The highest BCUT2D eigenvalue weighted by Gasteiger charge is 2.33. The summed E-state index contributed by atoms with van der Waals surface area (Å²) in [5.41, 5.74) is 0.0470. The smallest absolute Gasteiger partial charge is 0.167 e. The fraction of sp³-hybridized carbons (Fsp3) is 0.600. The number of hydrogen-bond donors (Lipinski definition) is 1. The van der Waals surface area contributed by atoms with Gasteiger partial charge in [-0.05, 0) is 32.9 Å². The molecule has 0 spiro atoms. The molecule has 14 heavy (non-hydrogen) atoms. The van der Waals surface area contributed by atoms with E-state index in [4.69, 9.17) is 9.15 Å². The number of halogens is 1. The molecule has 1 atom stereocenters. The van der Waals surface area contributed by atoms with Crippen LogP contribution in [0, 0.1) is 6.92 Å². The van der Waals surface area contributed by atoms with Crippen LogP contribution >= 0.6 is 12.4 Å². The van der Waals surface area contributed by atoms with Crippen molar-refractivity contribution in [1.29, 1.82) is 0 Å². The molecule has 80 valence electrons. The third kappa shape index (κ3) is 2.29. The second-order valence-electron chi connectivity index (χ2n) is 4.17. The predicted molar refractivity (Wildman–Crippen MR) is 56.6 cm³/mol. The Kier molecular flexibility index (Phi) is 3.24. The monoisotopic (exact) mass is 217 g/mol. The van der Waals surface area contributed by atoms with E-state index in [2.05, 4.69) is 19.2 Å². The van der Waals surface area contributed by atoms with Gasteiger partial charge in [0, 0.05) is 5.54 Å². The van der Waals surface area contributed by atoms with E-state index >= 15 is 0 Å². The van der Waals surface area contributed by atoms with E-state index in [-0.39, 0.29) is 24.2 Å². The minimum absolute atomic E-state index is 0. The van der Waals surface area contributed by atoms with Crippen LogP contribution in [-0.2, 0) is 4.74 Å². The van der Waals surface area contributed by atoms with Crippen LogP contribution in [0.15, 0.2) is 16.5 Å². The summed E-state index contributed by atoms with van der Waals surface area (Å²) in [6, 6.07) is 3.90. The minimum atomic E-state index is -0.0799. The van der Waals surface area contributed by atoms with Crippen molar-refractivity contribution in [2.45, 2.75) is 32.5 Å². The van der Waals surface area contributed by atoms with Crippen molar-refractivity contribution in [2.24, 2.45) is 0 Å². The lowest BCUT2D eigenvalue weighted by molar-refractivity contribution is 0.0805. The standard InChI is InChI=1S/C10H15NO2.ClH/c1-7-4-5-8(13-7)9-11-10(2,3)6-12-9;/h4-5,9,11H,6H2,1-3H3;1H. The van der Waals surface area contributed by atoms with Crippen LogP contribution in [0.1, 0.15) is 31.6 Å². The van der Waals surface area contributed by atoms with Gasteiger partial charge in [0.05, 0.1) is 6.61 Å².